The zero-order valence-electron chi connectivity index (χ0n) is 9.31. The normalized spacial score (nSPS) is 10.7. The summed E-state index contributed by atoms with van der Waals surface area (Å²) in [6.07, 6.45) is 1.91. The molecule has 2 aromatic rings. The van der Waals surface area contributed by atoms with Crippen LogP contribution < -0.4 is 0 Å². The van der Waals surface area contributed by atoms with Crippen molar-refractivity contribution in [3.05, 3.63) is 34.1 Å². The summed E-state index contributed by atoms with van der Waals surface area (Å²) in [6, 6.07) is 6.14. The molecular weight excluding hydrogens is 268 g/mol. The molecule has 0 unspecified atom stereocenters. The Bertz CT molecular complexity index is 492. The third-order valence-corrected chi connectivity index (χ3v) is 2.97. The molecule has 0 saturated heterocycles. The Kier molecular flexibility index (Phi) is 3.33. The van der Waals surface area contributed by atoms with Crippen LogP contribution in [0.5, 0.6) is 0 Å². The van der Waals surface area contributed by atoms with Crippen LogP contribution in [-0.4, -0.2) is 20.2 Å². The highest BCUT2D eigenvalue weighted by Gasteiger charge is 2.09. The average molecular weight is 281 g/mol. The van der Waals surface area contributed by atoms with Gasteiger partial charge >= 0.3 is 0 Å². The molecule has 0 fully saturated rings. The highest BCUT2D eigenvalue weighted by atomic mass is 79.9. The van der Waals surface area contributed by atoms with Crippen molar-refractivity contribution >= 4 is 15.9 Å². The van der Waals surface area contributed by atoms with Crippen LogP contribution in [0.3, 0.4) is 0 Å². The summed E-state index contributed by atoms with van der Waals surface area (Å²) in [4.78, 5) is 0. The Balaban J connectivity index is 2.46. The van der Waals surface area contributed by atoms with E-state index in [1.54, 1.807) is 4.68 Å². The number of aromatic nitrogens is 4. The molecule has 0 N–H and O–H groups in total. The van der Waals surface area contributed by atoms with E-state index in [9.17, 15) is 0 Å². The van der Waals surface area contributed by atoms with Gasteiger partial charge in [-0.15, -0.1) is 5.10 Å². The van der Waals surface area contributed by atoms with Gasteiger partial charge in [0.25, 0.3) is 0 Å². The molecule has 0 saturated carbocycles. The number of halogens is 1. The highest BCUT2D eigenvalue weighted by molar-refractivity contribution is 9.10. The van der Waals surface area contributed by atoms with Gasteiger partial charge in [-0.2, -0.15) is 4.68 Å². The van der Waals surface area contributed by atoms with Gasteiger partial charge in [0.05, 0.1) is 5.69 Å². The minimum Gasteiger partial charge on any atom is -0.196 e. The Morgan fingerprint density at radius 2 is 2.19 bits per heavy atom. The van der Waals surface area contributed by atoms with E-state index in [-0.39, 0.29) is 0 Å². The second kappa shape index (κ2) is 4.74. The van der Waals surface area contributed by atoms with Crippen molar-refractivity contribution in [2.75, 3.05) is 0 Å². The molecule has 0 aliphatic rings. The molecule has 1 aromatic carbocycles. The van der Waals surface area contributed by atoms with Crippen molar-refractivity contribution < 1.29 is 0 Å². The van der Waals surface area contributed by atoms with Crippen LogP contribution in [-0.2, 0) is 6.42 Å². The lowest BCUT2D eigenvalue weighted by Crippen LogP contribution is -2.04. The Morgan fingerprint density at radius 3 is 2.88 bits per heavy atom. The molecular formula is C11H13BrN4. The molecule has 0 amide bonds. The maximum atomic E-state index is 4.03. The maximum absolute atomic E-state index is 4.03. The molecule has 0 radical (unpaired) electrons. The van der Waals surface area contributed by atoms with Crippen molar-refractivity contribution in [2.24, 2.45) is 0 Å². The zero-order valence-corrected chi connectivity index (χ0v) is 10.9. The number of tetrazole rings is 1. The van der Waals surface area contributed by atoms with Crippen LogP contribution in [0.25, 0.3) is 5.69 Å². The third-order valence-electron chi connectivity index (χ3n) is 2.34. The van der Waals surface area contributed by atoms with Gasteiger partial charge in [0.1, 0.15) is 0 Å². The molecule has 84 valence electrons. The fraction of sp³-hybridized carbons (Fsp3) is 0.364. The van der Waals surface area contributed by atoms with E-state index in [0.29, 0.717) is 0 Å². The number of aryl methyl sites for hydroxylation is 2. The van der Waals surface area contributed by atoms with Gasteiger partial charge in [0.2, 0.25) is 0 Å². The summed E-state index contributed by atoms with van der Waals surface area (Å²) in [5.74, 6) is 0.895. The molecule has 4 nitrogen and oxygen atoms in total. The first-order valence-corrected chi connectivity index (χ1v) is 6.05. The smallest absolute Gasteiger partial charge is 0.156 e. The van der Waals surface area contributed by atoms with E-state index in [0.717, 1.165) is 28.8 Å². The molecule has 0 atom stereocenters. The van der Waals surface area contributed by atoms with E-state index < -0.39 is 0 Å². The number of rotatable bonds is 3. The number of nitrogens with zero attached hydrogens (tertiary/aromatic N) is 4. The van der Waals surface area contributed by atoms with Crippen LogP contribution in [0.15, 0.2) is 22.7 Å². The standard InChI is InChI=1S/C11H13BrN4/c1-3-4-11-13-14-15-16(11)10-6-5-8(2)7-9(10)12/h5-7H,3-4H2,1-2H3. The molecule has 1 aromatic heterocycles. The van der Waals surface area contributed by atoms with Crippen LogP contribution in [0.4, 0.5) is 0 Å². The summed E-state index contributed by atoms with van der Waals surface area (Å²) in [5.41, 5.74) is 2.19. The number of benzene rings is 1. The third kappa shape index (κ3) is 2.14. The molecule has 0 spiro atoms. The van der Waals surface area contributed by atoms with Gasteiger partial charge in [-0.25, -0.2) is 0 Å². The second-order valence-corrected chi connectivity index (χ2v) is 4.57. The van der Waals surface area contributed by atoms with Crippen LogP contribution in [0, 0.1) is 6.92 Å². The highest BCUT2D eigenvalue weighted by Crippen LogP contribution is 2.22. The largest absolute Gasteiger partial charge is 0.196 e. The lowest BCUT2D eigenvalue weighted by Gasteiger charge is -2.06. The minimum atomic E-state index is 0.882. The number of hydrogen-bond donors (Lipinski definition) is 0. The fourth-order valence-corrected chi connectivity index (χ4v) is 2.22. The summed E-state index contributed by atoms with van der Waals surface area (Å²) in [7, 11) is 0. The van der Waals surface area contributed by atoms with E-state index in [1.807, 2.05) is 6.07 Å². The van der Waals surface area contributed by atoms with E-state index in [4.69, 9.17) is 0 Å². The van der Waals surface area contributed by atoms with Crippen molar-refractivity contribution in [1.82, 2.24) is 20.2 Å². The Hall–Kier alpha value is -1.23. The van der Waals surface area contributed by atoms with Crippen molar-refractivity contribution in [3.8, 4) is 5.69 Å². The summed E-state index contributed by atoms with van der Waals surface area (Å²) < 4.78 is 2.80. The Labute approximate surface area is 103 Å². The van der Waals surface area contributed by atoms with Gasteiger partial charge in [0.15, 0.2) is 5.82 Å². The fourth-order valence-electron chi connectivity index (χ4n) is 1.56. The molecule has 5 heteroatoms. The minimum absolute atomic E-state index is 0.882. The lowest BCUT2D eigenvalue weighted by atomic mass is 10.2. The molecule has 0 aliphatic carbocycles. The van der Waals surface area contributed by atoms with Crippen molar-refractivity contribution in [2.45, 2.75) is 26.7 Å². The van der Waals surface area contributed by atoms with Crippen LogP contribution >= 0.6 is 15.9 Å². The summed E-state index contributed by atoms with van der Waals surface area (Å²) in [6.45, 7) is 4.17. The van der Waals surface area contributed by atoms with Crippen LogP contribution in [0.2, 0.25) is 0 Å². The monoisotopic (exact) mass is 280 g/mol. The van der Waals surface area contributed by atoms with Gasteiger partial charge in [-0.05, 0) is 57.4 Å². The Morgan fingerprint density at radius 1 is 1.38 bits per heavy atom. The SMILES string of the molecule is CCCc1nnnn1-c1ccc(C)cc1Br. The first-order chi connectivity index (χ1) is 7.72. The van der Waals surface area contributed by atoms with Gasteiger partial charge < -0.3 is 0 Å². The number of hydrogen-bond acceptors (Lipinski definition) is 3. The molecule has 2 rings (SSSR count). The average Bonchev–Trinajstić information content (AvgIpc) is 2.67. The van der Waals surface area contributed by atoms with Gasteiger partial charge in [0, 0.05) is 10.9 Å². The van der Waals surface area contributed by atoms with Gasteiger partial charge in [-0.1, -0.05) is 13.0 Å². The topological polar surface area (TPSA) is 43.6 Å². The van der Waals surface area contributed by atoms with Crippen molar-refractivity contribution in [1.29, 1.82) is 0 Å². The zero-order chi connectivity index (χ0) is 11.5. The first-order valence-electron chi connectivity index (χ1n) is 5.26. The lowest BCUT2D eigenvalue weighted by molar-refractivity contribution is 0.742. The predicted octanol–water partition coefficient (Wildman–Crippen LogP) is 2.69. The first kappa shape index (κ1) is 11.3. The van der Waals surface area contributed by atoms with Crippen molar-refractivity contribution in [3.63, 3.8) is 0 Å². The molecule has 0 bridgehead atoms. The quantitative estimate of drug-likeness (QED) is 0.868. The molecule has 0 aliphatic heterocycles. The van der Waals surface area contributed by atoms with Gasteiger partial charge in [-0.3, -0.25) is 0 Å². The molecule has 1 heterocycles. The maximum Gasteiger partial charge on any atom is 0.156 e. The second-order valence-electron chi connectivity index (χ2n) is 3.71. The summed E-state index contributed by atoms with van der Waals surface area (Å²) in [5, 5.41) is 11.8. The van der Waals surface area contributed by atoms with E-state index in [1.165, 1.54) is 5.56 Å². The van der Waals surface area contributed by atoms with Crippen LogP contribution in [0.1, 0.15) is 24.7 Å². The summed E-state index contributed by atoms with van der Waals surface area (Å²) >= 11 is 3.54. The predicted molar refractivity (Wildman–Crippen MR) is 65.6 cm³/mol. The molecule has 16 heavy (non-hydrogen) atoms. The van der Waals surface area contributed by atoms with E-state index >= 15 is 0 Å². The van der Waals surface area contributed by atoms with E-state index in [2.05, 4.69) is 57.4 Å².